The first-order valence-corrected chi connectivity index (χ1v) is 12.5. The van der Waals surface area contributed by atoms with Crippen LogP contribution in [0.5, 0.6) is 5.75 Å². The lowest BCUT2D eigenvalue weighted by Gasteiger charge is -2.36. The second-order valence-electron chi connectivity index (χ2n) is 9.12. The van der Waals surface area contributed by atoms with Gasteiger partial charge in [0.25, 0.3) is 5.91 Å². The van der Waals surface area contributed by atoms with Crippen molar-refractivity contribution in [2.75, 3.05) is 38.2 Å². The largest absolute Gasteiger partial charge is 0.496 e. The number of para-hydroxylation sites is 2. The summed E-state index contributed by atoms with van der Waals surface area (Å²) in [5.41, 5.74) is 4.63. The van der Waals surface area contributed by atoms with E-state index in [1.807, 2.05) is 71.6 Å². The van der Waals surface area contributed by atoms with Gasteiger partial charge in [-0.3, -0.25) is 4.79 Å². The van der Waals surface area contributed by atoms with Crippen molar-refractivity contribution in [2.24, 2.45) is 0 Å². The number of carbonyl (C=O) groups is 1. The SMILES string of the molecule is COc1ccccc1-c1cc(C(=O)N2CCN(c3ccccc3F)CC2)n2nc(-c3ccccc3)cc2n1. The molecule has 1 fully saturated rings. The zero-order valence-corrected chi connectivity index (χ0v) is 20.9. The lowest BCUT2D eigenvalue weighted by molar-refractivity contribution is 0.0737. The van der Waals surface area contributed by atoms with Crippen LogP contribution in [-0.2, 0) is 0 Å². The van der Waals surface area contributed by atoms with Crippen LogP contribution in [0.2, 0.25) is 0 Å². The summed E-state index contributed by atoms with van der Waals surface area (Å²) in [6.07, 6.45) is 0. The van der Waals surface area contributed by atoms with Gasteiger partial charge in [0.1, 0.15) is 17.3 Å². The van der Waals surface area contributed by atoms with Crippen LogP contribution in [-0.4, -0.2) is 58.7 Å². The number of methoxy groups -OCH3 is 1. The van der Waals surface area contributed by atoms with Crippen LogP contribution < -0.4 is 9.64 Å². The Labute approximate surface area is 219 Å². The van der Waals surface area contributed by atoms with E-state index in [2.05, 4.69) is 0 Å². The first-order valence-electron chi connectivity index (χ1n) is 12.5. The number of carbonyl (C=O) groups excluding carboxylic acids is 1. The maximum Gasteiger partial charge on any atom is 0.272 e. The van der Waals surface area contributed by atoms with Crippen LogP contribution >= 0.6 is 0 Å². The zero-order chi connectivity index (χ0) is 26.1. The molecular weight excluding hydrogens is 481 g/mol. The van der Waals surface area contributed by atoms with Crippen molar-refractivity contribution in [3.63, 3.8) is 0 Å². The molecule has 0 radical (unpaired) electrons. The standard InChI is InChI=1S/C30H26FN5O2/c1-38-28-14-8-5-11-22(28)25-19-27(36-29(32-25)20-24(33-36)21-9-3-2-4-10-21)30(37)35-17-15-34(16-18-35)26-13-7-6-12-23(26)31/h2-14,19-20H,15-18H2,1H3. The van der Waals surface area contributed by atoms with E-state index in [1.54, 1.807) is 34.7 Å². The molecule has 6 rings (SSSR count). The summed E-state index contributed by atoms with van der Waals surface area (Å²) >= 11 is 0. The number of hydrogen-bond donors (Lipinski definition) is 0. The van der Waals surface area contributed by atoms with Crippen molar-refractivity contribution < 1.29 is 13.9 Å². The number of halogens is 1. The number of benzene rings is 3. The van der Waals surface area contributed by atoms with Crippen LogP contribution in [0.3, 0.4) is 0 Å². The molecule has 0 aliphatic carbocycles. The fourth-order valence-corrected chi connectivity index (χ4v) is 4.89. The summed E-state index contributed by atoms with van der Waals surface area (Å²) in [7, 11) is 1.62. The van der Waals surface area contributed by atoms with Gasteiger partial charge in [0, 0.05) is 43.4 Å². The van der Waals surface area contributed by atoms with Gasteiger partial charge in [-0.1, -0.05) is 54.6 Å². The van der Waals surface area contributed by atoms with Gasteiger partial charge >= 0.3 is 0 Å². The summed E-state index contributed by atoms with van der Waals surface area (Å²) in [4.78, 5) is 22.5. The molecule has 0 bridgehead atoms. The first kappa shape index (κ1) is 23.7. The minimum absolute atomic E-state index is 0.149. The Morgan fingerprint density at radius 3 is 2.32 bits per heavy atom. The number of aromatic nitrogens is 3. The maximum absolute atomic E-state index is 14.3. The molecule has 3 heterocycles. The van der Waals surface area contributed by atoms with Gasteiger partial charge in [-0.25, -0.2) is 13.9 Å². The van der Waals surface area contributed by atoms with Crippen molar-refractivity contribution >= 4 is 17.2 Å². The molecule has 0 N–H and O–H groups in total. The molecule has 8 heteroatoms. The van der Waals surface area contributed by atoms with Gasteiger partial charge in [-0.15, -0.1) is 0 Å². The third-order valence-electron chi connectivity index (χ3n) is 6.86. The molecule has 1 aliphatic heterocycles. The lowest BCUT2D eigenvalue weighted by Crippen LogP contribution is -2.49. The third kappa shape index (κ3) is 4.34. The number of nitrogens with zero attached hydrogens (tertiary/aromatic N) is 5. The first-order chi connectivity index (χ1) is 18.6. The average molecular weight is 508 g/mol. The molecule has 0 atom stereocenters. The minimum atomic E-state index is -0.255. The number of rotatable bonds is 5. The van der Waals surface area contributed by atoms with Crippen LogP contribution in [0, 0.1) is 5.82 Å². The van der Waals surface area contributed by atoms with Crippen molar-refractivity contribution in [1.82, 2.24) is 19.5 Å². The van der Waals surface area contributed by atoms with Gasteiger partial charge in [0.15, 0.2) is 5.65 Å². The highest BCUT2D eigenvalue weighted by molar-refractivity contribution is 5.95. The van der Waals surface area contributed by atoms with Gasteiger partial charge in [0.2, 0.25) is 0 Å². The van der Waals surface area contributed by atoms with E-state index in [0.29, 0.717) is 54.7 Å². The lowest BCUT2D eigenvalue weighted by atomic mass is 10.1. The number of piperazine rings is 1. The Morgan fingerprint density at radius 1 is 0.842 bits per heavy atom. The Kier molecular flexibility index (Phi) is 6.21. The Morgan fingerprint density at radius 2 is 1.55 bits per heavy atom. The summed E-state index contributed by atoms with van der Waals surface area (Å²) in [5.74, 6) is 0.267. The smallest absolute Gasteiger partial charge is 0.272 e. The minimum Gasteiger partial charge on any atom is -0.496 e. The number of amides is 1. The van der Waals surface area contributed by atoms with Gasteiger partial charge < -0.3 is 14.5 Å². The highest BCUT2D eigenvalue weighted by Gasteiger charge is 2.27. The Balaban J connectivity index is 1.38. The topological polar surface area (TPSA) is 63.0 Å². The van der Waals surface area contributed by atoms with E-state index in [-0.39, 0.29) is 11.7 Å². The van der Waals surface area contributed by atoms with Crippen LogP contribution in [0.1, 0.15) is 10.5 Å². The third-order valence-corrected chi connectivity index (χ3v) is 6.86. The van der Waals surface area contributed by atoms with Crippen LogP contribution in [0.25, 0.3) is 28.2 Å². The van der Waals surface area contributed by atoms with Crippen molar-refractivity contribution in [2.45, 2.75) is 0 Å². The summed E-state index contributed by atoms with van der Waals surface area (Å²) in [6, 6.07) is 27.8. The van der Waals surface area contributed by atoms with Crippen molar-refractivity contribution in [3.05, 3.63) is 103 Å². The molecule has 2 aromatic heterocycles. The average Bonchev–Trinajstić information content (AvgIpc) is 3.41. The fraction of sp³-hybridized carbons (Fsp3) is 0.167. The fourth-order valence-electron chi connectivity index (χ4n) is 4.89. The molecule has 1 aliphatic rings. The number of fused-ring (bicyclic) bond motifs is 1. The number of ether oxygens (including phenoxy) is 1. The predicted octanol–water partition coefficient (Wildman–Crippen LogP) is 5.17. The predicted molar refractivity (Wildman–Crippen MR) is 145 cm³/mol. The molecule has 0 spiro atoms. The second kappa shape index (κ2) is 9.97. The van der Waals surface area contributed by atoms with E-state index in [1.165, 1.54) is 6.07 Å². The molecule has 0 unspecified atom stereocenters. The van der Waals surface area contributed by atoms with Gasteiger partial charge in [-0.2, -0.15) is 5.10 Å². The number of anilines is 1. The van der Waals surface area contributed by atoms with Crippen molar-refractivity contribution in [1.29, 1.82) is 0 Å². The number of hydrogen-bond acceptors (Lipinski definition) is 5. The molecule has 1 amide bonds. The Bertz CT molecular complexity index is 1610. The van der Waals surface area contributed by atoms with E-state index >= 15 is 0 Å². The maximum atomic E-state index is 14.3. The quantitative estimate of drug-likeness (QED) is 0.328. The van der Waals surface area contributed by atoms with Gasteiger partial charge in [0.05, 0.1) is 24.2 Å². The van der Waals surface area contributed by atoms with E-state index < -0.39 is 0 Å². The van der Waals surface area contributed by atoms with E-state index in [0.717, 1.165) is 16.8 Å². The van der Waals surface area contributed by atoms with E-state index in [4.69, 9.17) is 14.8 Å². The summed E-state index contributed by atoms with van der Waals surface area (Å²) < 4.78 is 21.5. The molecule has 1 saturated heterocycles. The molecule has 38 heavy (non-hydrogen) atoms. The zero-order valence-electron chi connectivity index (χ0n) is 20.9. The summed E-state index contributed by atoms with van der Waals surface area (Å²) in [6.45, 7) is 2.00. The molecule has 3 aromatic carbocycles. The van der Waals surface area contributed by atoms with Crippen LogP contribution in [0.4, 0.5) is 10.1 Å². The highest BCUT2D eigenvalue weighted by atomic mass is 19.1. The van der Waals surface area contributed by atoms with Gasteiger partial charge in [-0.05, 0) is 30.3 Å². The van der Waals surface area contributed by atoms with Crippen LogP contribution in [0.15, 0.2) is 91.0 Å². The molecule has 5 aromatic rings. The normalized spacial score (nSPS) is 13.6. The molecule has 0 saturated carbocycles. The Hall–Kier alpha value is -4.72. The second-order valence-corrected chi connectivity index (χ2v) is 9.12. The monoisotopic (exact) mass is 507 g/mol. The van der Waals surface area contributed by atoms with Crippen molar-refractivity contribution in [3.8, 4) is 28.3 Å². The van der Waals surface area contributed by atoms with E-state index in [9.17, 15) is 9.18 Å². The highest BCUT2D eigenvalue weighted by Crippen LogP contribution is 2.31. The summed E-state index contributed by atoms with van der Waals surface area (Å²) in [5, 5.41) is 4.77. The molecule has 7 nitrogen and oxygen atoms in total. The molecular formula is C30H26FN5O2. The molecule has 190 valence electrons.